The first-order valence-corrected chi connectivity index (χ1v) is 24.9. The van der Waals surface area contributed by atoms with E-state index >= 15 is 4.79 Å². The molecule has 2 heterocycles. The van der Waals surface area contributed by atoms with E-state index < -0.39 is 29.4 Å². The fourth-order valence-corrected chi connectivity index (χ4v) is 10.0. The van der Waals surface area contributed by atoms with Gasteiger partial charge in [-0.1, -0.05) is 65.7 Å². The number of rotatable bonds is 21. The molecule has 0 unspecified atom stereocenters. The van der Waals surface area contributed by atoms with Crippen molar-refractivity contribution in [3.8, 4) is 22.8 Å². The number of carboxylic acids is 1. The Morgan fingerprint density at radius 2 is 1.62 bits per heavy atom. The largest absolute Gasteiger partial charge is 0.481 e. The molecule has 1 aliphatic heterocycles. The molecule has 4 aromatic carbocycles. The second-order valence-corrected chi connectivity index (χ2v) is 20.8. The summed E-state index contributed by atoms with van der Waals surface area (Å²) in [6.07, 6.45) is 6.04. The van der Waals surface area contributed by atoms with E-state index in [1.54, 1.807) is 30.0 Å². The third-order valence-electron chi connectivity index (χ3n) is 13.8. The Morgan fingerprint density at radius 3 is 2.32 bits per heavy atom. The molecule has 5 atom stereocenters. The SMILES string of the molecule is C[C@H](NCc1ccc(Cl)cc1Oc1ccc(-c2cnc(CN3CCCC3)n2C)cc1)[C@@H](COC(C)(C)C)C(=O)N(C)[C@H](Cc1ccc(Cl)cc1)CN(C)C(=O)[C@@H](CC(=O)O)[C@H]1CCc2ccccc21. The third-order valence-corrected chi connectivity index (χ3v) is 14.3. The molecule has 69 heavy (non-hydrogen) atoms. The van der Waals surface area contributed by atoms with Gasteiger partial charge in [0.25, 0.3) is 0 Å². The summed E-state index contributed by atoms with van der Waals surface area (Å²) < 4.78 is 15.0. The van der Waals surface area contributed by atoms with Crippen LogP contribution in [0.2, 0.25) is 10.0 Å². The average molecular weight is 980 g/mol. The number of imidazole rings is 1. The lowest BCUT2D eigenvalue weighted by Crippen LogP contribution is -2.53. The predicted octanol–water partition coefficient (Wildman–Crippen LogP) is 10.0. The normalized spacial score (nSPS) is 16.7. The Bertz CT molecular complexity index is 2540. The van der Waals surface area contributed by atoms with Crippen LogP contribution in [0.1, 0.15) is 87.4 Å². The number of hydrogen-bond acceptors (Lipinski definition) is 8. The molecule has 14 heteroatoms. The lowest BCUT2D eigenvalue weighted by atomic mass is 9.84. The Hall–Kier alpha value is -5.24. The highest BCUT2D eigenvalue weighted by atomic mass is 35.5. The molecule has 0 bridgehead atoms. The summed E-state index contributed by atoms with van der Waals surface area (Å²) in [6.45, 7) is 11.6. The summed E-state index contributed by atoms with van der Waals surface area (Å²) in [5.41, 5.74) is 5.53. The first-order valence-electron chi connectivity index (χ1n) is 24.2. The summed E-state index contributed by atoms with van der Waals surface area (Å²) in [6, 6.07) is 28.1. The van der Waals surface area contributed by atoms with Gasteiger partial charge in [-0.05, 0) is 144 Å². The van der Waals surface area contributed by atoms with Crippen molar-refractivity contribution in [3.05, 3.63) is 135 Å². The number of fused-ring (bicyclic) bond motifs is 1. The van der Waals surface area contributed by atoms with Crippen molar-refractivity contribution >= 4 is 41.0 Å². The Morgan fingerprint density at radius 1 is 0.928 bits per heavy atom. The maximum atomic E-state index is 15.0. The lowest BCUT2D eigenvalue weighted by molar-refractivity contribution is -0.146. The number of nitrogens with zero attached hydrogens (tertiary/aromatic N) is 5. The number of amides is 2. The van der Waals surface area contributed by atoms with Crippen molar-refractivity contribution in [2.24, 2.45) is 18.9 Å². The summed E-state index contributed by atoms with van der Waals surface area (Å²) >= 11 is 12.8. The maximum Gasteiger partial charge on any atom is 0.304 e. The molecule has 0 radical (unpaired) electrons. The fourth-order valence-electron chi connectivity index (χ4n) is 9.72. The van der Waals surface area contributed by atoms with Crippen molar-refractivity contribution < 1.29 is 29.0 Å². The Kier molecular flexibility index (Phi) is 17.3. The number of aliphatic carboxylic acids is 1. The number of halogens is 2. The molecule has 1 fully saturated rings. The van der Waals surface area contributed by atoms with E-state index in [0.29, 0.717) is 40.9 Å². The van der Waals surface area contributed by atoms with Gasteiger partial charge in [0.1, 0.15) is 17.3 Å². The van der Waals surface area contributed by atoms with Crippen LogP contribution in [0.3, 0.4) is 0 Å². The molecule has 1 aliphatic carbocycles. The minimum absolute atomic E-state index is 0.137. The van der Waals surface area contributed by atoms with Crippen molar-refractivity contribution in [3.63, 3.8) is 0 Å². The zero-order valence-electron chi connectivity index (χ0n) is 41.1. The molecular formula is C55H68Cl2N6O6. The van der Waals surface area contributed by atoms with Crippen LogP contribution in [0.25, 0.3) is 11.3 Å². The maximum absolute atomic E-state index is 15.0. The van der Waals surface area contributed by atoms with Gasteiger partial charge in [0.2, 0.25) is 11.8 Å². The van der Waals surface area contributed by atoms with E-state index in [0.717, 1.165) is 65.4 Å². The van der Waals surface area contributed by atoms with Gasteiger partial charge < -0.3 is 34.3 Å². The molecule has 12 nitrogen and oxygen atoms in total. The summed E-state index contributed by atoms with van der Waals surface area (Å²) in [5.74, 6) is -0.743. The highest BCUT2D eigenvalue weighted by molar-refractivity contribution is 6.31. The number of aryl methyl sites for hydroxylation is 1. The summed E-state index contributed by atoms with van der Waals surface area (Å²) in [5, 5.41) is 14.8. The average Bonchev–Trinajstić information content (AvgIpc) is 4.09. The molecule has 1 saturated heterocycles. The monoisotopic (exact) mass is 978 g/mol. The molecule has 7 rings (SSSR count). The van der Waals surface area contributed by atoms with Crippen LogP contribution in [0, 0.1) is 11.8 Å². The molecule has 1 aromatic heterocycles. The van der Waals surface area contributed by atoms with Crippen LogP contribution in [0.4, 0.5) is 0 Å². The number of likely N-dealkylation sites (tertiary alicyclic amines) is 1. The predicted molar refractivity (Wildman–Crippen MR) is 273 cm³/mol. The molecule has 2 N–H and O–H groups in total. The molecule has 0 spiro atoms. The second kappa shape index (κ2) is 23.1. The third kappa shape index (κ3) is 13.6. The number of benzene rings is 4. The van der Waals surface area contributed by atoms with Gasteiger partial charge in [-0.15, -0.1) is 0 Å². The molecular weight excluding hydrogens is 912 g/mol. The Balaban J connectivity index is 1.07. The number of ether oxygens (including phenoxy) is 2. The van der Waals surface area contributed by atoms with E-state index in [1.165, 1.54) is 12.8 Å². The number of hydrogen-bond donors (Lipinski definition) is 2. The van der Waals surface area contributed by atoms with Crippen molar-refractivity contribution in [2.75, 3.05) is 40.3 Å². The fraction of sp³-hybridized carbons (Fsp3) is 0.455. The highest BCUT2D eigenvalue weighted by Crippen LogP contribution is 2.41. The van der Waals surface area contributed by atoms with Gasteiger partial charge >= 0.3 is 5.97 Å². The van der Waals surface area contributed by atoms with Crippen LogP contribution in [0.5, 0.6) is 11.5 Å². The van der Waals surface area contributed by atoms with Crippen molar-refractivity contribution in [1.82, 2.24) is 29.6 Å². The van der Waals surface area contributed by atoms with Crippen LogP contribution >= 0.6 is 23.2 Å². The van der Waals surface area contributed by atoms with Gasteiger partial charge in [-0.3, -0.25) is 19.3 Å². The number of carboxylic acid groups (broad SMARTS) is 1. The van der Waals surface area contributed by atoms with Crippen molar-refractivity contribution in [2.45, 2.75) is 103 Å². The molecule has 2 amide bonds. The van der Waals surface area contributed by atoms with Gasteiger partial charge in [-0.2, -0.15) is 0 Å². The van der Waals surface area contributed by atoms with Crippen LogP contribution in [0.15, 0.2) is 97.2 Å². The van der Waals surface area contributed by atoms with Crippen molar-refractivity contribution in [1.29, 1.82) is 0 Å². The minimum Gasteiger partial charge on any atom is -0.481 e. The summed E-state index contributed by atoms with van der Waals surface area (Å²) in [7, 11) is 5.55. The summed E-state index contributed by atoms with van der Waals surface area (Å²) in [4.78, 5) is 52.3. The first-order chi connectivity index (χ1) is 32.9. The van der Waals surface area contributed by atoms with Crippen LogP contribution in [-0.2, 0) is 52.1 Å². The molecule has 0 saturated carbocycles. The first kappa shape index (κ1) is 51.6. The number of nitrogens with one attached hydrogen (secondary N) is 1. The second-order valence-electron chi connectivity index (χ2n) is 19.9. The van der Waals surface area contributed by atoms with Gasteiger partial charge in [-0.25, -0.2) is 4.98 Å². The van der Waals surface area contributed by atoms with Gasteiger partial charge in [0.15, 0.2) is 0 Å². The van der Waals surface area contributed by atoms with E-state index in [-0.39, 0.29) is 43.3 Å². The zero-order chi connectivity index (χ0) is 49.4. The minimum atomic E-state index is -1.02. The highest BCUT2D eigenvalue weighted by Gasteiger charge is 2.39. The van der Waals surface area contributed by atoms with Gasteiger partial charge in [0, 0.05) is 61.4 Å². The topological polar surface area (TPSA) is 129 Å². The van der Waals surface area contributed by atoms with Gasteiger partial charge in [0.05, 0.1) is 54.9 Å². The molecule has 2 aliphatic rings. The Labute approximate surface area is 417 Å². The number of likely N-dealkylation sites (N-methyl/N-ethyl adjacent to an activating group) is 2. The van der Waals surface area contributed by atoms with E-state index in [2.05, 4.69) is 27.9 Å². The van der Waals surface area contributed by atoms with E-state index in [9.17, 15) is 14.7 Å². The lowest BCUT2D eigenvalue weighted by Gasteiger charge is -2.37. The van der Waals surface area contributed by atoms with E-state index in [4.69, 9.17) is 37.7 Å². The number of carbonyl (C=O) groups excluding carboxylic acids is 2. The molecule has 368 valence electrons. The quantitative estimate of drug-likeness (QED) is 0.0739. The van der Waals surface area contributed by atoms with Crippen LogP contribution in [-0.4, -0.2) is 105 Å². The standard InChI is InChI=1S/C55H68Cl2N6O6/c1-36(58-31-40-16-22-42(57)29-50(40)69-44-23-17-39(18-24-44)49-32-59-51(62(49)7)34-63-26-10-11-27-63)48(35-68-55(2,3)4)54(67)61(6)43(28-37-14-20-41(56)21-15-37)33-60(5)53(66)47(30-52(64)65)46-25-19-38-12-8-9-13-45(38)46/h8-9,12-18,20-24,29,32,36,43,46-48,58H,10-11,19,25-28,30-31,33-35H2,1-7H3,(H,64,65)/t36-,43+,46-,47-,48+/m0/s1. The van der Waals surface area contributed by atoms with Crippen LogP contribution < -0.4 is 10.1 Å². The number of carbonyl (C=O) groups is 3. The zero-order valence-corrected chi connectivity index (χ0v) is 42.6. The van der Waals surface area contributed by atoms with E-state index in [1.807, 2.05) is 113 Å². The number of aromatic nitrogens is 2. The molecule has 5 aromatic rings. The smallest absolute Gasteiger partial charge is 0.304 e.